The number of fused-ring (bicyclic) bond motifs is 1. The second-order valence-corrected chi connectivity index (χ2v) is 7.64. The van der Waals surface area contributed by atoms with Crippen LogP contribution in [0.5, 0.6) is 5.75 Å². The number of para-hydroxylation sites is 1. The summed E-state index contributed by atoms with van der Waals surface area (Å²) in [6.45, 7) is 5.16. The number of ether oxygens (including phenoxy) is 1. The number of hydrogen-bond donors (Lipinski definition) is 0. The zero-order chi connectivity index (χ0) is 19.4. The van der Waals surface area contributed by atoms with Crippen LogP contribution in [-0.4, -0.2) is 40.6 Å². The van der Waals surface area contributed by atoms with Gasteiger partial charge in [-0.05, 0) is 31.5 Å². The van der Waals surface area contributed by atoms with Crippen molar-refractivity contribution in [3.05, 3.63) is 57.5 Å². The molecular formula is C20H23N3O3S. The fourth-order valence-corrected chi connectivity index (χ4v) is 3.77. The van der Waals surface area contributed by atoms with E-state index in [1.807, 2.05) is 44.2 Å². The van der Waals surface area contributed by atoms with Gasteiger partial charge < -0.3 is 9.64 Å². The summed E-state index contributed by atoms with van der Waals surface area (Å²) in [4.78, 5) is 32.8. The molecule has 27 heavy (non-hydrogen) atoms. The first-order chi connectivity index (χ1) is 13.0. The molecule has 2 heterocycles. The zero-order valence-electron chi connectivity index (χ0n) is 15.8. The number of thiophene rings is 1. The second-order valence-electron chi connectivity index (χ2n) is 6.43. The van der Waals surface area contributed by atoms with Crippen LogP contribution in [0.1, 0.15) is 16.9 Å². The van der Waals surface area contributed by atoms with Crippen molar-refractivity contribution >= 4 is 27.5 Å². The van der Waals surface area contributed by atoms with Crippen LogP contribution >= 0.6 is 11.3 Å². The Balaban J connectivity index is 1.55. The largest absolute Gasteiger partial charge is 0.492 e. The summed E-state index contributed by atoms with van der Waals surface area (Å²) in [5.74, 6) is 0.752. The fourth-order valence-electron chi connectivity index (χ4n) is 2.78. The van der Waals surface area contributed by atoms with E-state index >= 15 is 0 Å². The van der Waals surface area contributed by atoms with Gasteiger partial charge in [-0.25, -0.2) is 4.98 Å². The molecule has 6 nitrogen and oxygen atoms in total. The van der Waals surface area contributed by atoms with Gasteiger partial charge in [0.15, 0.2) is 0 Å². The standard InChI is InChI=1S/C20H23N3O3S/c1-14-15(2)27-19-18(14)20(25)23(13-21-19)10-9-17(24)22(3)11-12-26-16-7-5-4-6-8-16/h4-8,13H,9-12H2,1-3H3. The highest BCUT2D eigenvalue weighted by Gasteiger charge is 2.14. The molecule has 1 aromatic carbocycles. The lowest BCUT2D eigenvalue weighted by atomic mass is 10.2. The SMILES string of the molecule is Cc1sc2ncn(CCC(=O)N(C)CCOc3ccccc3)c(=O)c2c1C. The molecule has 3 rings (SSSR count). The molecule has 0 saturated heterocycles. The molecule has 0 saturated carbocycles. The van der Waals surface area contributed by atoms with Crippen molar-refractivity contribution in [1.82, 2.24) is 14.5 Å². The van der Waals surface area contributed by atoms with Gasteiger partial charge in [0.05, 0.1) is 18.3 Å². The van der Waals surface area contributed by atoms with Gasteiger partial charge in [-0.3, -0.25) is 14.2 Å². The molecule has 0 aliphatic heterocycles. The van der Waals surface area contributed by atoms with Crippen molar-refractivity contribution in [1.29, 1.82) is 0 Å². The maximum absolute atomic E-state index is 12.7. The van der Waals surface area contributed by atoms with Crippen LogP contribution in [0.2, 0.25) is 0 Å². The second kappa shape index (κ2) is 8.35. The maximum atomic E-state index is 12.7. The summed E-state index contributed by atoms with van der Waals surface area (Å²) < 4.78 is 7.14. The number of aryl methyl sites for hydroxylation is 3. The van der Waals surface area contributed by atoms with E-state index in [1.54, 1.807) is 11.9 Å². The molecule has 2 aromatic heterocycles. The molecule has 0 aliphatic carbocycles. The first kappa shape index (κ1) is 19.1. The smallest absolute Gasteiger partial charge is 0.262 e. The van der Waals surface area contributed by atoms with E-state index in [1.165, 1.54) is 22.2 Å². The first-order valence-electron chi connectivity index (χ1n) is 8.84. The Hall–Kier alpha value is -2.67. The fraction of sp³-hybridized carbons (Fsp3) is 0.350. The Labute approximate surface area is 162 Å². The van der Waals surface area contributed by atoms with E-state index < -0.39 is 0 Å². The first-order valence-corrected chi connectivity index (χ1v) is 9.66. The van der Waals surface area contributed by atoms with Crippen LogP contribution in [0, 0.1) is 13.8 Å². The van der Waals surface area contributed by atoms with Gasteiger partial charge in [0.2, 0.25) is 5.91 Å². The number of rotatable bonds is 7. The van der Waals surface area contributed by atoms with Gasteiger partial charge in [0, 0.05) is 24.9 Å². The van der Waals surface area contributed by atoms with Gasteiger partial charge in [-0.2, -0.15) is 0 Å². The predicted molar refractivity (Wildman–Crippen MR) is 108 cm³/mol. The number of hydrogen-bond acceptors (Lipinski definition) is 5. The third-order valence-corrected chi connectivity index (χ3v) is 5.70. The average molecular weight is 385 g/mol. The van der Waals surface area contributed by atoms with Crippen LogP contribution < -0.4 is 10.3 Å². The van der Waals surface area contributed by atoms with Gasteiger partial charge in [0.1, 0.15) is 17.2 Å². The van der Waals surface area contributed by atoms with E-state index in [0.717, 1.165) is 21.0 Å². The summed E-state index contributed by atoms with van der Waals surface area (Å²) in [6, 6.07) is 9.50. The molecule has 0 bridgehead atoms. The molecule has 1 amide bonds. The molecule has 0 atom stereocenters. The maximum Gasteiger partial charge on any atom is 0.262 e. The van der Waals surface area contributed by atoms with Gasteiger partial charge in [-0.1, -0.05) is 18.2 Å². The summed E-state index contributed by atoms with van der Waals surface area (Å²) in [5.41, 5.74) is 0.896. The van der Waals surface area contributed by atoms with Crippen molar-refractivity contribution in [2.75, 3.05) is 20.2 Å². The Kier molecular flexibility index (Phi) is 5.91. The van der Waals surface area contributed by atoms with E-state index in [9.17, 15) is 9.59 Å². The van der Waals surface area contributed by atoms with Gasteiger partial charge >= 0.3 is 0 Å². The van der Waals surface area contributed by atoms with Gasteiger partial charge in [-0.15, -0.1) is 11.3 Å². The Bertz CT molecular complexity index is 995. The third kappa shape index (κ3) is 4.36. The van der Waals surface area contributed by atoms with Crippen molar-refractivity contribution in [3.63, 3.8) is 0 Å². The Morgan fingerprint density at radius 3 is 2.74 bits per heavy atom. The van der Waals surface area contributed by atoms with E-state index in [4.69, 9.17) is 4.74 Å². The summed E-state index contributed by atoms with van der Waals surface area (Å²) in [7, 11) is 1.74. The molecule has 0 aliphatic rings. The molecule has 142 valence electrons. The Morgan fingerprint density at radius 1 is 1.26 bits per heavy atom. The number of benzene rings is 1. The quantitative estimate of drug-likeness (QED) is 0.627. The lowest BCUT2D eigenvalue weighted by Gasteiger charge is -2.17. The normalized spacial score (nSPS) is 10.9. The minimum absolute atomic E-state index is 0.0307. The monoisotopic (exact) mass is 385 g/mol. The molecule has 0 N–H and O–H groups in total. The van der Waals surface area contributed by atoms with Crippen molar-refractivity contribution < 1.29 is 9.53 Å². The molecule has 0 radical (unpaired) electrons. The summed E-state index contributed by atoms with van der Waals surface area (Å²) in [6.07, 6.45) is 1.78. The predicted octanol–water partition coefficient (Wildman–Crippen LogP) is 3.00. The molecule has 0 fully saturated rings. The topological polar surface area (TPSA) is 64.4 Å². The van der Waals surface area contributed by atoms with E-state index in [2.05, 4.69) is 4.98 Å². The average Bonchev–Trinajstić information content (AvgIpc) is 2.96. The highest BCUT2D eigenvalue weighted by atomic mass is 32.1. The van der Waals surface area contributed by atoms with Crippen molar-refractivity contribution in [2.24, 2.45) is 0 Å². The molecule has 0 spiro atoms. The minimum Gasteiger partial charge on any atom is -0.492 e. The lowest BCUT2D eigenvalue weighted by Crippen LogP contribution is -2.32. The van der Waals surface area contributed by atoms with Crippen LogP contribution in [0.15, 0.2) is 41.5 Å². The van der Waals surface area contributed by atoms with Gasteiger partial charge in [0.25, 0.3) is 5.56 Å². The number of aromatic nitrogens is 2. The lowest BCUT2D eigenvalue weighted by molar-refractivity contribution is -0.130. The third-order valence-electron chi connectivity index (χ3n) is 4.59. The molecular weight excluding hydrogens is 362 g/mol. The van der Waals surface area contributed by atoms with Crippen LogP contribution in [0.3, 0.4) is 0 Å². The molecule has 7 heteroatoms. The zero-order valence-corrected chi connectivity index (χ0v) is 16.6. The summed E-state index contributed by atoms with van der Waals surface area (Å²) >= 11 is 1.52. The number of carbonyl (C=O) groups excluding carboxylic acids is 1. The van der Waals surface area contributed by atoms with E-state index in [-0.39, 0.29) is 17.9 Å². The highest BCUT2D eigenvalue weighted by Crippen LogP contribution is 2.25. The number of likely N-dealkylation sites (N-methyl/N-ethyl adjacent to an activating group) is 1. The number of nitrogens with zero attached hydrogens (tertiary/aromatic N) is 3. The van der Waals surface area contributed by atoms with Crippen LogP contribution in [-0.2, 0) is 11.3 Å². The number of amides is 1. The van der Waals surface area contributed by atoms with E-state index in [0.29, 0.717) is 25.1 Å². The molecule has 3 aromatic rings. The van der Waals surface area contributed by atoms with Crippen molar-refractivity contribution in [3.8, 4) is 5.75 Å². The van der Waals surface area contributed by atoms with Crippen LogP contribution in [0.25, 0.3) is 10.2 Å². The minimum atomic E-state index is -0.0790. The number of carbonyl (C=O) groups is 1. The summed E-state index contributed by atoms with van der Waals surface area (Å²) in [5, 5.41) is 0.664. The van der Waals surface area contributed by atoms with Crippen molar-refractivity contribution in [2.45, 2.75) is 26.8 Å². The highest BCUT2D eigenvalue weighted by molar-refractivity contribution is 7.18. The molecule has 0 unspecified atom stereocenters. The Morgan fingerprint density at radius 2 is 2.00 bits per heavy atom. The van der Waals surface area contributed by atoms with Crippen LogP contribution in [0.4, 0.5) is 0 Å².